The Bertz CT molecular complexity index is 607. The van der Waals surface area contributed by atoms with Crippen LogP contribution in [0.1, 0.15) is 11.4 Å². The summed E-state index contributed by atoms with van der Waals surface area (Å²) in [6.45, 7) is 2.24. The molecule has 106 valence electrons. The lowest BCUT2D eigenvalue weighted by atomic mass is 10.2. The van der Waals surface area contributed by atoms with Crippen LogP contribution in [0.15, 0.2) is 28.7 Å². The summed E-state index contributed by atoms with van der Waals surface area (Å²) in [5.74, 6) is 7.47. The number of halogens is 1. The normalized spacial score (nSPS) is 10.4. The van der Waals surface area contributed by atoms with E-state index in [0.717, 1.165) is 15.8 Å². The Morgan fingerprint density at radius 2 is 2.10 bits per heavy atom. The Morgan fingerprint density at radius 1 is 1.30 bits per heavy atom. The molecule has 20 heavy (non-hydrogen) atoms. The Kier molecular flexibility index (Phi) is 4.89. The summed E-state index contributed by atoms with van der Waals surface area (Å²) in [7, 11) is 1.57. The number of rotatable bonds is 5. The Labute approximate surface area is 125 Å². The molecule has 1 aromatic heterocycles. The van der Waals surface area contributed by atoms with Crippen molar-refractivity contribution >= 4 is 21.7 Å². The van der Waals surface area contributed by atoms with Crippen LogP contribution in [0.25, 0.3) is 0 Å². The molecule has 0 amide bonds. The number of benzene rings is 1. The van der Waals surface area contributed by atoms with Crippen molar-refractivity contribution in [2.45, 2.75) is 13.5 Å². The second-order valence-electron chi connectivity index (χ2n) is 4.10. The van der Waals surface area contributed by atoms with Crippen LogP contribution in [-0.2, 0) is 11.3 Å². The first-order valence-corrected chi connectivity index (χ1v) is 6.69. The molecule has 1 heterocycles. The summed E-state index contributed by atoms with van der Waals surface area (Å²) >= 11 is 3.41. The van der Waals surface area contributed by atoms with Gasteiger partial charge in [-0.15, -0.1) is 0 Å². The second-order valence-corrected chi connectivity index (χ2v) is 5.01. The summed E-state index contributed by atoms with van der Waals surface area (Å²) in [6.07, 6.45) is 0. The molecule has 1 aromatic carbocycles. The van der Waals surface area contributed by atoms with Crippen LogP contribution in [0.4, 0.5) is 5.82 Å². The van der Waals surface area contributed by atoms with E-state index < -0.39 is 0 Å². The van der Waals surface area contributed by atoms with Gasteiger partial charge in [-0.25, -0.2) is 10.8 Å². The Morgan fingerprint density at radius 3 is 2.75 bits per heavy atom. The molecular formula is C13H15BrN4O2. The number of ether oxygens (including phenoxy) is 2. The van der Waals surface area contributed by atoms with E-state index in [1.54, 1.807) is 13.2 Å². The van der Waals surface area contributed by atoms with Gasteiger partial charge in [0.2, 0.25) is 5.88 Å². The van der Waals surface area contributed by atoms with E-state index in [2.05, 4.69) is 31.3 Å². The highest BCUT2D eigenvalue weighted by Gasteiger charge is 2.08. The predicted molar refractivity (Wildman–Crippen MR) is 79.5 cm³/mol. The topological polar surface area (TPSA) is 82.3 Å². The van der Waals surface area contributed by atoms with Crippen LogP contribution in [-0.4, -0.2) is 17.1 Å². The average molecular weight is 339 g/mol. The smallest absolute Gasteiger partial charge is 0.224 e. The van der Waals surface area contributed by atoms with Crippen molar-refractivity contribution in [2.75, 3.05) is 12.5 Å². The van der Waals surface area contributed by atoms with Gasteiger partial charge in [-0.2, -0.15) is 4.98 Å². The molecule has 3 N–H and O–H groups in total. The molecule has 2 aromatic rings. The van der Waals surface area contributed by atoms with E-state index in [1.165, 1.54) is 0 Å². The largest absolute Gasteiger partial charge is 0.439 e. The zero-order chi connectivity index (χ0) is 14.5. The van der Waals surface area contributed by atoms with Gasteiger partial charge in [0.15, 0.2) is 5.82 Å². The molecule has 7 heteroatoms. The van der Waals surface area contributed by atoms with E-state index in [9.17, 15) is 0 Å². The van der Waals surface area contributed by atoms with Crippen LogP contribution in [0.5, 0.6) is 11.6 Å². The van der Waals surface area contributed by atoms with Crippen molar-refractivity contribution in [3.05, 3.63) is 40.1 Å². The fourth-order valence-electron chi connectivity index (χ4n) is 1.63. The molecule has 0 aliphatic heterocycles. The van der Waals surface area contributed by atoms with E-state index in [1.807, 2.05) is 25.1 Å². The molecule has 0 saturated heterocycles. The number of nitrogens with zero attached hydrogens (tertiary/aromatic N) is 2. The molecule has 0 aliphatic rings. The van der Waals surface area contributed by atoms with E-state index >= 15 is 0 Å². The molecule has 0 spiro atoms. The quantitative estimate of drug-likeness (QED) is 0.644. The van der Waals surface area contributed by atoms with E-state index in [0.29, 0.717) is 17.5 Å². The third kappa shape index (κ3) is 3.66. The fraction of sp³-hybridized carbons (Fsp3) is 0.231. The highest BCUT2D eigenvalue weighted by molar-refractivity contribution is 9.10. The van der Waals surface area contributed by atoms with Gasteiger partial charge in [0.05, 0.1) is 0 Å². The van der Waals surface area contributed by atoms with Gasteiger partial charge in [-0.05, 0) is 30.7 Å². The lowest BCUT2D eigenvalue weighted by Crippen LogP contribution is -2.11. The van der Waals surface area contributed by atoms with Gasteiger partial charge in [-0.3, -0.25) is 0 Å². The van der Waals surface area contributed by atoms with Crippen LogP contribution in [0, 0.1) is 6.92 Å². The van der Waals surface area contributed by atoms with Crippen LogP contribution < -0.4 is 16.0 Å². The molecule has 0 radical (unpaired) electrons. The van der Waals surface area contributed by atoms with E-state index in [4.69, 9.17) is 15.3 Å². The summed E-state index contributed by atoms with van der Waals surface area (Å²) in [5.41, 5.74) is 3.48. The van der Waals surface area contributed by atoms with Crippen molar-refractivity contribution in [3.63, 3.8) is 0 Å². The number of methoxy groups -OCH3 is 1. The first kappa shape index (κ1) is 14.7. The van der Waals surface area contributed by atoms with E-state index in [-0.39, 0.29) is 6.61 Å². The monoisotopic (exact) mass is 338 g/mol. The summed E-state index contributed by atoms with van der Waals surface area (Å²) in [4.78, 5) is 8.42. The summed E-state index contributed by atoms with van der Waals surface area (Å²) in [5, 5.41) is 0. The van der Waals surface area contributed by atoms with Crippen molar-refractivity contribution in [1.82, 2.24) is 9.97 Å². The number of nitrogens with one attached hydrogen (secondary N) is 1. The molecule has 0 aliphatic carbocycles. The maximum atomic E-state index is 5.77. The third-order valence-corrected chi connectivity index (χ3v) is 3.02. The van der Waals surface area contributed by atoms with Crippen molar-refractivity contribution in [2.24, 2.45) is 5.84 Å². The number of hydrazine groups is 1. The minimum Gasteiger partial charge on any atom is -0.439 e. The number of anilines is 1. The van der Waals surface area contributed by atoms with Gasteiger partial charge in [0, 0.05) is 17.6 Å². The molecule has 2 rings (SSSR count). The van der Waals surface area contributed by atoms with Crippen molar-refractivity contribution < 1.29 is 9.47 Å². The van der Waals surface area contributed by atoms with Crippen LogP contribution >= 0.6 is 15.9 Å². The lowest BCUT2D eigenvalue weighted by Gasteiger charge is -2.10. The lowest BCUT2D eigenvalue weighted by molar-refractivity contribution is 0.177. The number of nitrogen functional groups attached to an aromatic ring is 1. The zero-order valence-corrected chi connectivity index (χ0v) is 12.8. The zero-order valence-electron chi connectivity index (χ0n) is 11.2. The summed E-state index contributed by atoms with van der Waals surface area (Å²) in [6, 6.07) is 7.37. The van der Waals surface area contributed by atoms with Gasteiger partial charge >= 0.3 is 0 Å². The fourth-order valence-corrected chi connectivity index (χ4v) is 2.11. The van der Waals surface area contributed by atoms with Gasteiger partial charge in [-0.1, -0.05) is 15.9 Å². The molecule has 0 fully saturated rings. The molecule has 0 bridgehead atoms. The standard InChI is InChI=1S/C13H15BrN4O2/c1-8-5-9(14)3-4-10(8)20-13-6-11(18-15)16-12(17-13)7-19-2/h3-6H,7,15H2,1-2H3,(H,16,17,18). The van der Waals surface area contributed by atoms with Crippen LogP contribution in [0.3, 0.4) is 0 Å². The predicted octanol–water partition coefficient (Wildman–Crippen LogP) is 2.77. The van der Waals surface area contributed by atoms with Crippen molar-refractivity contribution in [3.8, 4) is 11.6 Å². The molecular weight excluding hydrogens is 324 g/mol. The van der Waals surface area contributed by atoms with Crippen molar-refractivity contribution in [1.29, 1.82) is 0 Å². The SMILES string of the molecule is COCc1nc(NN)cc(Oc2ccc(Br)cc2C)n1. The number of nitrogens with two attached hydrogens (primary N) is 1. The van der Waals surface area contributed by atoms with Crippen LogP contribution in [0.2, 0.25) is 0 Å². The molecule has 0 saturated carbocycles. The summed E-state index contributed by atoms with van der Waals surface area (Å²) < 4.78 is 11.8. The number of hydrogen-bond donors (Lipinski definition) is 2. The minimum atomic E-state index is 0.283. The number of aromatic nitrogens is 2. The third-order valence-electron chi connectivity index (χ3n) is 2.52. The first-order chi connectivity index (χ1) is 9.62. The Hall–Kier alpha value is -1.70. The molecule has 0 unspecified atom stereocenters. The average Bonchev–Trinajstić information content (AvgIpc) is 2.42. The molecule has 6 nitrogen and oxygen atoms in total. The molecule has 0 atom stereocenters. The van der Waals surface area contributed by atoms with Gasteiger partial charge in [0.1, 0.15) is 18.2 Å². The highest BCUT2D eigenvalue weighted by atomic mass is 79.9. The Balaban J connectivity index is 2.29. The number of aryl methyl sites for hydroxylation is 1. The number of hydrogen-bond acceptors (Lipinski definition) is 6. The highest BCUT2D eigenvalue weighted by Crippen LogP contribution is 2.27. The second kappa shape index (κ2) is 6.65. The maximum absolute atomic E-state index is 5.77. The maximum Gasteiger partial charge on any atom is 0.224 e. The van der Waals surface area contributed by atoms with Gasteiger partial charge < -0.3 is 14.9 Å². The minimum absolute atomic E-state index is 0.283. The van der Waals surface area contributed by atoms with Gasteiger partial charge in [0.25, 0.3) is 0 Å². The first-order valence-electron chi connectivity index (χ1n) is 5.90.